The first-order valence-electron chi connectivity index (χ1n) is 3.23. The Bertz CT molecular complexity index is 177. The van der Waals surface area contributed by atoms with E-state index in [9.17, 15) is 9.59 Å². The van der Waals surface area contributed by atoms with Crippen LogP contribution in [0.5, 0.6) is 0 Å². The Labute approximate surface area is 93.1 Å². The fraction of sp³-hybridized carbons (Fsp3) is 0.667. The molecule has 0 heterocycles. The Morgan fingerprint density at radius 2 is 1.85 bits per heavy atom. The second-order valence-electron chi connectivity index (χ2n) is 2.05. The molecule has 5 N–H and O–H groups in total. The van der Waals surface area contributed by atoms with E-state index < -0.39 is 22.7 Å². The first-order valence-corrected chi connectivity index (χ1v) is 5.74. The smallest absolute Gasteiger partial charge is 0.321 e. The number of nitrogens with two attached hydrogens (primary N) is 2. The topological polar surface area (TPSA) is 106 Å². The van der Waals surface area contributed by atoms with Crippen molar-refractivity contribution in [2.75, 3.05) is 5.83 Å². The quantitative estimate of drug-likeness (QED) is 0.636. The average Bonchev–Trinajstić information content (AvgIpc) is 2.05. The SMILES string of the molecule is CBr.NC(=O)CC(Br)C(N)C(=O)O. The minimum atomic E-state index is -1.16. The standard InChI is InChI=1S/C5H9BrN2O3.CH3Br/c6-2(1-3(7)9)4(8)5(10)11;1-2/h2,4H,1,8H2,(H2,7,9)(H,10,11);1H3. The Balaban J connectivity index is 0. The van der Waals surface area contributed by atoms with E-state index in [0.29, 0.717) is 0 Å². The maximum Gasteiger partial charge on any atom is 0.321 e. The zero-order valence-electron chi connectivity index (χ0n) is 7.04. The van der Waals surface area contributed by atoms with Crippen molar-refractivity contribution in [2.45, 2.75) is 17.3 Å². The molecule has 0 aliphatic carbocycles. The number of alkyl halides is 2. The summed E-state index contributed by atoms with van der Waals surface area (Å²) in [4.78, 5) is 19.9. The van der Waals surface area contributed by atoms with Gasteiger partial charge in [0.05, 0.1) is 0 Å². The minimum Gasteiger partial charge on any atom is -0.480 e. The molecule has 7 heteroatoms. The van der Waals surface area contributed by atoms with Crippen LogP contribution in [0, 0.1) is 0 Å². The van der Waals surface area contributed by atoms with Gasteiger partial charge in [0.25, 0.3) is 0 Å². The lowest BCUT2D eigenvalue weighted by Crippen LogP contribution is -2.40. The van der Waals surface area contributed by atoms with Gasteiger partial charge in [0.1, 0.15) is 6.04 Å². The van der Waals surface area contributed by atoms with Gasteiger partial charge in [0, 0.05) is 11.2 Å². The predicted molar refractivity (Wildman–Crippen MR) is 57.0 cm³/mol. The molecule has 2 unspecified atom stereocenters. The molecule has 0 aliphatic heterocycles. The van der Waals surface area contributed by atoms with Crippen molar-refractivity contribution in [1.29, 1.82) is 0 Å². The van der Waals surface area contributed by atoms with E-state index in [4.69, 9.17) is 16.6 Å². The van der Waals surface area contributed by atoms with E-state index in [-0.39, 0.29) is 6.42 Å². The molecule has 0 aromatic rings. The van der Waals surface area contributed by atoms with Gasteiger partial charge in [-0.15, -0.1) is 0 Å². The maximum absolute atomic E-state index is 10.3. The van der Waals surface area contributed by atoms with Gasteiger partial charge in [-0.25, -0.2) is 0 Å². The fourth-order valence-corrected chi connectivity index (χ4v) is 1.02. The van der Waals surface area contributed by atoms with Crippen molar-refractivity contribution < 1.29 is 14.7 Å². The van der Waals surface area contributed by atoms with Gasteiger partial charge in [0.15, 0.2) is 0 Å². The number of rotatable bonds is 4. The fourth-order valence-electron chi connectivity index (χ4n) is 0.474. The summed E-state index contributed by atoms with van der Waals surface area (Å²) in [5.74, 6) is 0.0733. The van der Waals surface area contributed by atoms with Crippen molar-refractivity contribution in [3.63, 3.8) is 0 Å². The molecule has 2 atom stereocenters. The third-order valence-electron chi connectivity index (χ3n) is 1.07. The summed E-state index contributed by atoms with van der Waals surface area (Å²) in [7, 11) is 0. The molecule has 0 aliphatic rings. The number of carbonyl (C=O) groups is 2. The van der Waals surface area contributed by atoms with Gasteiger partial charge in [-0.3, -0.25) is 9.59 Å². The highest BCUT2D eigenvalue weighted by Gasteiger charge is 2.22. The van der Waals surface area contributed by atoms with Crippen LogP contribution in [0.15, 0.2) is 0 Å². The van der Waals surface area contributed by atoms with Crippen LogP contribution in [0.25, 0.3) is 0 Å². The zero-order chi connectivity index (χ0) is 11.0. The summed E-state index contributed by atoms with van der Waals surface area (Å²) in [6.07, 6.45) is -0.0759. The number of hydrogen-bond acceptors (Lipinski definition) is 3. The molecule has 0 aromatic carbocycles. The van der Waals surface area contributed by atoms with E-state index >= 15 is 0 Å². The molecule has 5 nitrogen and oxygen atoms in total. The molecule has 0 bridgehead atoms. The van der Waals surface area contributed by atoms with Crippen LogP contribution in [-0.2, 0) is 9.59 Å². The molecule has 0 saturated carbocycles. The molecule has 13 heavy (non-hydrogen) atoms. The third kappa shape index (κ3) is 8.20. The van der Waals surface area contributed by atoms with Gasteiger partial charge in [-0.05, 0) is 5.83 Å². The first-order chi connectivity index (χ1) is 5.95. The van der Waals surface area contributed by atoms with Crippen molar-refractivity contribution >= 4 is 43.7 Å². The van der Waals surface area contributed by atoms with Crippen molar-refractivity contribution in [3.8, 4) is 0 Å². The largest absolute Gasteiger partial charge is 0.480 e. The van der Waals surface area contributed by atoms with Crippen LogP contribution in [-0.4, -0.2) is 33.7 Å². The van der Waals surface area contributed by atoms with E-state index in [1.807, 2.05) is 5.83 Å². The summed E-state index contributed by atoms with van der Waals surface area (Å²) < 4.78 is 0. The highest BCUT2D eigenvalue weighted by Crippen LogP contribution is 2.08. The van der Waals surface area contributed by atoms with E-state index in [1.54, 1.807) is 0 Å². The summed E-state index contributed by atoms with van der Waals surface area (Å²) in [6.45, 7) is 0. The van der Waals surface area contributed by atoms with Crippen LogP contribution in [0.3, 0.4) is 0 Å². The number of hydrogen-bond donors (Lipinski definition) is 3. The van der Waals surface area contributed by atoms with Gasteiger partial charge >= 0.3 is 5.97 Å². The van der Waals surface area contributed by atoms with Gasteiger partial charge in [-0.2, -0.15) is 0 Å². The lowest BCUT2D eigenvalue weighted by molar-refractivity contribution is -0.138. The normalized spacial score (nSPS) is 13.5. The van der Waals surface area contributed by atoms with Gasteiger partial charge < -0.3 is 16.6 Å². The molecular weight excluding hydrogens is 308 g/mol. The molecule has 0 radical (unpaired) electrons. The number of primary amides is 1. The molecule has 0 rings (SSSR count). The number of carboxylic acids is 1. The molecule has 0 spiro atoms. The number of carbonyl (C=O) groups excluding carboxylic acids is 1. The van der Waals surface area contributed by atoms with Crippen LogP contribution in [0.2, 0.25) is 0 Å². The van der Waals surface area contributed by atoms with Gasteiger partial charge in [-0.1, -0.05) is 31.9 Å². The summed E-state index contributed by atoms with van der Waals surface area (Å²) >= 11 is 5.88. The predicted octanol–water partition coefficient (Wildman–Crippen LogP) is 0.0483. The number of halogens is 2. The van der Waals surface area contributed by atoms with Crippen molar-refractivity contribution in [2.24, 2.45) is 11.5 Å². The van der Waals surface area contributed by atoms with E-state index in [2.05, 4.69) is 31.9 Å². The van der Waals surface area contributed by atoms with Crippen molar-refractivity contribution in [1.82, 2.24) is 0 Å². The lowest BCUT2D eigenvalue weighted by atomic mass is 10.1. The number of aliphatic carboxylic acids is 1. The van der Waals surface area contributed by atoms with Crippen LogP contribution in [0.4, 0.5) is 0 Å². The molecule has 0 saturated heterocycles. The zero-order valence-corrected chi connectivity index (χ0v) is 10.2. The average molecular weight is 320 g/mol. The van der Waals surface area contributed by atoms with E-state index in [1.165, 1.54) is 0 Å². The maximum atomic E-state index is 10.3. The number of amides is 1. The monoisotopic (exact) mass is 318 g/mol. The van der Waals surface area contributed by atoms with Gasteiger partial charge in [0.2, 0.25) is 5.91 Å². The highest BCUT2D eigenvalue weighted by atomic mass is 79.9. The summed E-state index contributed by atoms with van der Waals surface area (Å²) in [6, 6.07) is -1.09. The molecular formula is C6H12Br2N2O3. The highest BCUT2D eigenvalue weighted by molar-refractivity contribution is 9.09. The third-order valence-corrected chi connectivity index (χ3v) is 1.96. The molecule has 0 aromatic heterocycles. The van der Waals surface area contributed by atoms with Crippen LogP contribution < -0.4 is 11.5 Å². The summed E-state index contributed by atoms with van der Waals surface area (Å²) in [5, 5.41) is 8.36. The second-order valence-corrected chi connectivity index (χ2v) is 3.23. The Morgan fingerprint density at radius 1 is 1.46 bits per heavy atom. The Hall–Kier alpha value is -0.140. The Kier molecular flexibility index (Phi) is 9.98. The van der Waals surface area contributed by atoms with Crippen molar-refractivity contribution in [3.05, 3.63) is 0 Å². The Morgan fingerprint density at radius 3 is 2.08 bits per heavy atom. The molecule has 78 valence electrons. The lowest BCUT2D eigenvalue weighted by Gasteiger charge is -2.11. The molecule has 1 amide bonds. The first kappa shape index (κ1) is 15.3. The number of carboxylic acid groups (broad SMARTS) is 1. The second kappa shape index (κ2) is 8.46. The van der Waals surface area contributed by atoms with Crippen LogP contribution in [0.1, 0.15) is 6.42 Å². The van der Waals surface area contributed by atoms with E-state index in [0.717, 1.165) is 0 Å². The van der Waals surface area contributed by atoms with Crippen LogP contribution >= 0.6 is 31.9 Å². The minimum absolute atomic E-state index is 0.0759. The molecule has 0 fully saturated rings. The summed E-state index contributed by atoms with van der Waals surface area (Å²) in [5.41, 5.74) is 9.97.